The van der Waals surface area contributed by atoms with Crippen molar-refractivity contribution in [2.75, 3.05) is 6.54 Å². The Balaban J connectivity index is 2.22. The Morgan fingerprint density at radius 3 is 2.94 bits per heavy atom. The second-order valence-corrected chi connectivity index (χ2v) is 4.55. The lowest BCUT2D eigenvalue weighted by atomic mass is 9.96. The first kappa shape index (κ1) is 12.7. The smallest absolute Gasteiger partial charge is 0.163 e. The molecule has 2 aromatic rings. The lowest BCUT2D eigenvalue weighted by Crippen LogP contribution is -2.17. The second-order valence-electron chi connectivity index (χ2n) is 4.55. The maximum Gasteiger partial charge on any atom is 0.163 e. The number of hydrogen-bond acceptors (Lipinski definition) is 3. The van der Waals surface area contributed by atoms with Crippen LogP contribution in [-0.4, -0.2) is 17.3 Å². The molecule has 1 aromatic carbocycles. The van der Waals surface area contributed by atoms with Gasteiger partial charge >= 0.3 is 0 Å². The van der Waals surface area contributed by atoms with Gasteiger partial charge in [0.15, 0.2) is 5.78 Å². The Labute approximate surface area is 107 Å². The molecule has 1 atom stereocenters. The van der Waals surface area contributed by atoms with Gasteiger partial charge in [-0.3, -0.25) is 9.78 Å². The van der Waals surface area contributed by atoms with E-state index < -0.39 is 0 Å². The van der Waals surface area contributed by atoms with E-state index in [1.807, 2.05) is 30.3 Å². The average molecular weight is 242 g/mol. The summed E-state index contributed by atoms with van der Waals surface area (Å²) in [6.07, 6.45) is 3.20. The van der Waals surface area contributed by atoms with E-state index >= 15 is 0 Å². The lowest BCUT2D eigenvalue weighted by molar-refractivity contribution is 0.0961. The zero-order chi connectivity index (χ0) is 13.0. The number of rotatable bonds is 5. The van der Waals surface area contributed by atoms with Gasteiger partial charge in [0.1, 0.15) is 0 Å². The molecule has 0 saturated carbocycles. The van der Waals surface area contributed by atoms with Crippen LogP contribution in [0.5, 0.6) is 0 Å². The van der Waals surface area contributed by atoms with Crippen molar-refractivity contribution in [2.45, 2.75) is 19.8 Å². The summed E-state index contributed by atoms with van der Waals surface area (Å²) in [5, 5.41) is 1.06. The molecular formula is C15H18N2O. The number of nitrogens with two attached hydrogens (primary N) is 1. The van der Waals surface area contributed by atoms with Gasteiger partial charge in [0.2, 0.25) is 0 Å². The largest absolute Gasteiger partial charge is 0.330 e. The molecule has 0 amide bonds. The van der Waals surface area contributed by atoms with Gasteiger partial charge in [-0.05, 0) is 24.6 Å². The number of pyridine rings is 1. The Morgan fingerprint density at radius 2 is 2.22 bits per heavy atom. The predicted molar refractivity (Wildman–Crippen MR) is 73.5 cm³/mol. The van der Waals surface area contributed by atoms with E-state index in [2.05, 4.69) is 11.9 Å². The van der Waals surface area contributed by atoms with E-state index in [4.69, 9.17) is 5.73 Å². The molecule has 0 bridgehead atoms. The van der Waals surface area contributed by atoms with Gasteiger partial charge in [-0.25, -0.2) is 0 Å². The maximum atomic E-state index is 12.1. The van der Waals surface area contributed by atoms with Gasteiger partial charge < -0.3 is 5.73 Å². The first-order valence-electron chi connectivity index (χ1n) is 6.32. The van der Waals surface area contributed by atoms with E-state index in [1.165, 1.54) is 0 Å². The van der Waals surface area contributed by atoms with Crippen LogP contribution in [0.4, 0.5) is 0 Å². The van der Waals surface area contributed by atoms with Gasteiger partial charge in [-0.2, -0.15) is 0 Å². The van der Waals surface area contributed by atoms with Gasteiger partial charge in [-0.1, -0.05) is 31.5 Å². The zero-order valence-corrected chi connectivity index (χ0v) is 10.6. The molecule has 2 N–H and O–H groups in total. The van der Waals surface area contributed by atoms with Gasteiger partial charge in [0, 0.05) is 23.6 Å². The molecule has 0 aliphatic carbocycles. The third-order valence-corrected chi connectivity index (χ3v) is 3.31. The van der Waals surface area contributed by atoms with Crippen molar-refractivity contribution in [1.82, 2.24) is 4.98 Å². The van der Waals surface area contributed by atoms with Gasteiger partial charge in [0.25, 0.3) is 0 Å². The normalized spacial score (nSPS) is 12.6. The van der Waals surface area contributed by atoms with Crippen LogP contribution in [0.25, 0.3) is 10.9 Å². The minimum absolute atomic E-state index is 0.153. The number of ketones is 1. The van der Waals surface area contributed by atoms with Crippen molar-refractivity contribution in [3.8, 4) is 0 Å². The topological polar surface area (TPSA) is 56.0 Å². The summed E-state index contributed by atoms with van der Waals surface area (Å²) >= 11 is 0. The van der Waals surface area contributed by atoms with Crippen molar-refractivity contribution >= 4 is 16.7 Å². The molecule has 3 nitrogen and oxygen atoms in total. The molecule has 2 rings (SSSR count). The molecule has 0 saturated heterocycles. The lowest BCUT2D eigenvalue weighted by Gasteiger charge is -2.11. The van der Waals surface area contributed by atoms with E-state index in [0.717, 1.165) is 22.9 Å². The summed E-state index contributed by atoms with van der Waals surface area (Å²) in [6.45, 7) is 2.63. The number of carbonyl (C=O) groups is 1. The SMILES string of the molecule is CCC(CN)CC(=O)c1ccc2cccnc2c1. The molecule has 0 fully saturated rings. The molecule has 94 valence electrons. The van der Waals surface area contributed by atoms with E-state index in [1.54, 1.807) is 6.20 Å². The third-order valence-electron chi connectivity index (χ3n) is 3.31. The fourth-order valence-corrected chi connectivity index (χ4v) is 2.01. The van der Waals surface area contributed by atoms with Crippen molar-refractivity contribution in [3.05, 3.63) is 42.1 Å². The Hall–Kier alpha value is -1.74. The quantitative estimate of drug-likeness (QED) is 0.820. The van der Waals surface area contributed by atoms with Crippen LogP contribution in [-0.2, 0) is 0 Å². The molecule has 0 radical (unpaired) electrons. The van der Waals surface area contributed by atoms with Crippen molar-refractivity contribution in [3.63, 3.8) is 0 Å². The first-order chi connectivity index (χ1) is 8.74. The number of nitrogens with zero attached hydrogens (tertiary/aromatic N) is 1. The van der Waals surface area contributed by atoms with Crippen LogP contribution in [0.15, 0.2) is 36.5 Å². The van der Waals surface area contributed by atoms with E-state index in [-0.39, 0.29) is 11.7 Å². The van der Waals surface area contributed by atoms with Gasteiger partial charge in [-0.15, -0.1) is 0 Å². The summed E-state index contributed by atoms with van der Waals surface area (Å²) < 4.78 is 0. The molecule has 18 heavy (non-hydrogen) atoms. The molecular weight excluding hydrogens is 224 g/mol. The summed E-state index contributed by atoms with van der Waals surface area (Å²) in [5.41, 5.74) is 7.23. The van der Waals surface area contributed by atoms with Gasteiger partial charge in [0.05, 0.1) is 5.52 Å². The fraction of sp³-hybridized carbons (Fsp3) is 0.333. The monoisotopic (exact) mass is 242 g/mol. The van der Waals surface area contributed by atoms with Crippen molar-refractivity contribution in [2.24, 2.45) is 11.7 Å². The summed E-state index contributed by atoms with van der Waals surface area (Å²) in [5.74, 6) is 0.428. The molecule has 1 heterocycles. The zero-order valence-electron chi connectivity index (χ0n) is 10.6. The highest BCUT2D eigenvalue weighted by molar-refractivity contribution is 5.99. The standard InChI is InChI=1S/C15H18N2O/c1-2-11(10-16)8-15(18)13-6-5-12-4-3-7-17-14(12)9-13/h3-7,9,11H,2,8,10,16H2,1H3. The number of hydrogen-bond donors (Lipinski definition) is 1. The summed E-state index contributed by atoms with van der Waals surface area (Å²) in [7, 11) is 0. The van der Waals surface area contributed by atoms with Crippen LogP contribution in [0.3, 0.4) is 0 Å². The first-order valence-corrected chi connectivity index (χ1v) is 6.32. The Morgan fingerprint density at radius 1 is 1.39 bits per heavy atom. The second kappa shape index (κ2) is 5.74. The highest BCUT2D eigenvalue weighted by Crippen LogP contribution is 2.17. The minimum atomic E-state index is 0.153. The van der Waals surface area contributed by atoms with Crippen LogP contribution < -0.4 is 5.73 Å². The number of fused-ring (bicyclic) bond motifs is 1. The molecule has 0 aliphatic rings. The minimum Gasteiger partial charge on any atom is -0.330 e. The average Bonchev–Trinajstić information content (AvgIpc) is 2.44. The van der Waals surface area contributed by atoms with E-state index in [0.29, 0.717) is 13.0 Å². The highest BCUT2D eigenvalue weighted by atomic mass is 16.1. The molecule has 1 aromatic heterocycles. The Kier molecular flexibility index (Phi) is 4.05. The number of aromatic nitrogens is 1. The fourth-order valence-electron chi connectivity index (χ4n) is 2.01. The molecule has 1 unspecified atom stereocenters. The molecule has 0 spiro atoms. The molecule has 0 aliphatic heterocycles. The maximum absolute atomic E-state index is 12.1. The number of benzene rings is 1. The Bertz CT molecular complexity index is 547. The molecule has 3 heteroatoms. The summed E-state index contributed by atoms with van der Waals surface area (Å²) in [6, 6.07) is 9.56. The van der Waals surface area contributed by atoms with Crippen LogP contribution in [0.2, 0.25) is 0 Å². The van der Waals surface area contributed by atoms with Crippen LogP contribution in [0.1, 0.15) is 30.1 Å². The van der Waals surface area contributed by atoms with Crippen molar-refractivity contribution < 1.29 is 4.79 Å². The summed E-state index contributed by atoms with van der Waals surface area (Å²) in [4.78, 5) is 16.4. The van der Waals surface area contributed by atoms with E-state index in [9.17, 15) is 4.79 Å². The third kappa shape index (κ3) is 2.74. The number of Topliss-reactive ketones (excluding diaryl/α,β-unsaturated/α-hetero) is 1. The van der Waals surface area contributed by atoms with Crippen LogP contribution in [0, 0.1) is 5.92 Å². The van der Waals surface area contributed by atoms with Crippen molar-refractivity contribution in [1.29, 1.82) is 0 Å². The predicted octanol–water partition coefficient (Wildman–Crippen LogP) is 2.79. The highest BCUT2D eigenvalue weighted by Gasteiger charge is 2.12. The van der Waals surface area contributed by atoms with Crippen LogP contribution >= 0.6 is 0 Å². The number of carbonyl (C=O) groups excluding carboxylic acids is 1.